The minimum absolute atomic E-state index is 0.0642. The highest BCUT2D eigenvalue weighted by molar-refractivity contribution is 6.31. The van der Waals surface area contributed by atoms with Gasteiger partial charge in [-0.25, -0.2) is 24.3 Å². The maximum Gasteiger partial charge on any atom is 0.417 e. The summed E-state index contributed by atoms with van der Waals surface area (Å²) in [7, 11) is 1.67. The van der Waals surface area contributed by atoms with Gasteiger partial charge in [-0.3, -0.25) is 43.5 Å². The van der Waals surface area contributed by atoms with E-state index in [-0.39, 0.29) is 113 Å². The van der Waals surface area contributed by atoms with Crippen molar-refractivity contribution < 1.29 is 82.1 Å². The molecule has 33 heteroatoms. The molecule has 1 amide bonds. The number of aryl methyl sites for hydroxylation is 4. The Balaban J connectivity index is 0.000000166. The highest BCUT2D eigenvalue weighted by Crippen LogP contribution is 2.39. The van der Waals surface area contributed by atoms with Crippen molar-refractivity contribution in [2.24, 2.45) is 7.05 Å². The first-order valence-electron chi connectivity index (χ1n) is 42.7. The van der Waals surface area contributed by atoms with E-state index in [4.69, 9.17) is 32.7 Å². The molecule has 0 bridgehead atoms. The fraction of sp³-hybridized carbons (Fsp3) is 0.181. The van der Waals surface area contributed by atoms with Gasteiger partial charge in [0.05, 0.1) is 73.2 Å². The Kier molecular flexibility index (Phi) is 32.8. The van der Waals surface area contributed by atoms with E-state index in [9.17, 15) is 82.7 Å². The summed E-state index contributed by atoms with van der Waals surface area (Å²) < 4.78 is 148. The number of carbonyl (C=O) groups is 6. The quantitative estimate of drug-likeness (QED) is 0.0303. The zero-order valence-electron chi connectivity index (χ0n) is 75.2. The lowest BCUT2D eigenvalue weighted by atomic mass is 9.85. The number of anilines is 5. The number of imidazole rings is 1. The number of pyridine rings is 2. The molecule has 138 heavy (non-hydrogen) atoms. The molecule has 5 aromatic heterocycles. The number of hydrogen-bond acceptors (Lipinski definition) is 18. The minimum Gasteiger partial charge on any atom is -0.457 e. The van der Waals surface area contributed by atoms with Crippen LogP contribution in [0.5, 0.6) is 23.0 Å². The first-order valence-corrected chi connectivity index (χ1v) is 43.4. The van der Waals surface area contributed by atoms with Crippen LogP contribution in [0.3, 0.4) is 0 Å². The number of alkyl halides is 9. The highest BCUT2D eigenvalue weighted by Gasteiger charge is 2.36. The van der Waals surface area contributed by atoms with Gasteiger partial charge in [0.25, 0.3) is 11.5 Å². The Morgan fingerprint density at radius 2 is 1.05 bits per heavy atom. The van der Waals surface area contributed by atoms with E-state index in [1.807, 2.05) is 94.4 Å². The zero-order valence-corrected chi connectivity index (χ0v) is 76.7. The number of ether oxygens (including phenoxy) is 2. The van der Waals surface area contributed by atoms with Crippen LogP contribution in [0.4, 0.5) is 72.6 Å². The van der Waals surface area contributed by atoms with Gasteiger partial charge in [-0.05, 0) is 207 Å². The third kappa shape index (κ3) is 27.6. The largest absolute Gasteiger partial charge is 0.457 e. The van der Waals surface area contributed by atoms with E-state index >= 15 is 0 Å². The first-order chi connectivity index (χ1) is 65.5. The van der Waals surface area contributed by atoms with E-state index in [0.29, 0.717) is 80.0 Å². The van der Waals surface area contributed by atoms with E-state index in [0.717, 1.165) is 81.8 Å². The molecule has 0 saturated heterocycles. The van der Waals surface area contributed by atoms with Crippen molar-refractivity contribution in [3.63, 3.8) is 0 Å². The van der Waals surface area contributed by atoms with Gasteiger partial charge >= 0.3 is 18.5 Å². The molecule has 15 rings (SSSR count). The first kappa shape index (κ1) is 101. The molecule has 704 valence electrons. The van der Waals surface area contributed by atoms with E-state index < -0.39 is 62.3 Å². The number of halogens is 12. The van der Waals surface area contributed by atoms with Crippen LogP contribution in [-0.2, 0) is 72.7 Å². The molecule has 3 N–H and O–H groups in total. The number of benzene rings is 10. The molecule has 0 radical (unpaired) electrons. The van der Waals surface area contributed by atoms with Crippen molar-refractivity contribution >= 4 is 97.6 Å². The van der Waals surface area contributed by atoms with Gasteiger partial charge in [-0.1, -0.05) is 128 Å². The standard InChI is InChI=1S/C30H24F3N5O.C27H25N5O2.C24H18ClF4NO3.C24H19ClF3NO3/c1-19-8-9-23(15-27(19)37-29-34-11-10-26(36-29)22-6-4-3-5-7-22)28(39)14-21-12-24(30(31,32)33)16-25(13-21)38-17-20(2)35-18-38;1-17-8-9-21(31-25(33)18-6-5-7-19(12-18)27(2,3)15-28)14-24(17)30-20-10-11-23-22(13-20)26(34)32(4)16-29-23;1-2-23(32)22-13-18(7-8-30-22)33-17-5-4-15(21(26)12-17)11-16(31)9-14-3-6-20(25)19(10-14)24(27,28)29;1-2-23(31)22-14-19(9-10-29-22)32-18-6-3-15(4-7-18)11-17(30)12-16-5-8-21(25)20(13-16)24(26,27)28/h3-13,15-18H,14H2,1-2H3,(H,34,36,37);5-14,16,30H,1-4H3,(H,31,33);3-8,10,12-13H,2,9,11H2,1H3;3-10,13-14H,2,11-12H2,1H3. The van der Waals surface area contributed by atoms with E-state index in [2.05, 4.69) is 51.9 Å². The molecule has 15 aromatic rings. The Hall–Kier alpha value is -15.7. The van der Waals surface area contributed by atoms with Crippen LogP contribution in [0.2, 0.25) is 10.0 Å². The molecule has 0 aliphatic rings. The number of hydrogen-bond donors (Lipinski definition) is 3. The Labute approximate surface area is 795 Å². The summed E-state index contributed by atoms with van der Waals surface area (Å²) in [6.07, 6.45) is -4.91. The SMILES string of the molecule is CCC(=O)c1cc(Oc2ccc(CC(=O)Cc3ccc(Cl)c(C(F)(F)F)c3)c(F)c2)ccn1.CCC(=O)c1cc(Oc2ccc(CC(=O)Cc3ccc(Cl)c(C(F)(F)F)c3)cc2)ccn1.Cc1ccc(NC(=O)c2cccc(C(C)(C)C#N)c2)cc1Nc1ccc2ncn(C)c(=O)c2c1.Cc1cn(-c2cc(CC(=O)c3ccc(C)c(Nc4nccc(-c5ccccc5)n4)c3)cc(C(F)(F)F)c2)cn1. The molecule has 0 fully saturated rings. The summed E-state index contributed by atoms with van der Waals surface area (Å²) in [6, 6.07) is 64.2. The summed E-state index contributed by atoms with van der Waals surface area (Å²) in [5.74, 6) is -0.440. The number of Topliss-reactive ketones (excluding diaryl/α,β-unsaturated/α-hetero) is 5. The molecule has 0 aliphatic carbocycles. The number of fused-ring (bicyclic) bond motifs is 1. The Bertz CT molecular complexity index is 7170. The molecule has 0 unspecified atom stereocenters. The van der Waals surface area contributed by atoms with E-state index in [1.54, 1.807) is 131 Å². The van der Waals surface area contributed by atoms with Gasteiger partial charge in [0.15, 0.2) is 17.3 Å². The highest BCUT2D eigenvalue weighted by atomic mass is 35.5. The third-order valence-corrected chi connectivity index (χ3v) is 22.0. The number of nitrogens with zero attached hydrogens (tertiary/aromatic N) is 9. The van der Waals surface area contributed by atoms with Crippen LogP contribution < -0.4 is 31.0 Å². The fourth-order valence-electron chi connectivity index (χ4n) is 13.9. The predicted octanol–water partition coefficient (Wildman–Crippen LogP) is 25.3. The van der Waals surface area contributed by atoms with Crippen LogP contribution in [0, 0.1) is 37.9 Å². The number of carbonyl (C=O) groups excluding carboxylic acids is 6. The Morgan fingerprint density at radius 1 is 0.478 bits per heavy atom. The number of nitrogens with one attached hydrogen (secondary N) is 3. The van der Waals surface area contributed by atoms with E-state index in [1.165, 1.54) is 70.6 Å². The second kappa shape index (κ2) is 44.7. The van der Waals surface area contributed by atoms with Gasteiger partial charge in [0.2, 0.25) is 5.95 Å². The van der Waals surface area contributed by atoms with Gasteiger partial charge < -0.3 is 34.6 Å². The second-order valence-electron chi connectivity index (χ2n) is 32.3. The summed E-state index contributed by atoms with van der Waals surface area (Å²) in [6.45, 7) is 12.7. The molecule has 0 spiro atoms. The van der Waals surface area contributed by atoms with Crippen LogP contribution in [0.25, 0.3) is 27.8 Å². The van der Waals surface area contributed by atoms with Gasteiger partial charge in [0, 0.05) is 140 Å². The normalized spacial score (nSPS) is 11.3. The Morgan fingerprint density at radius 3 is 1.64 bits per heavy atom. The topological polar surface area (TPSA) is 285 Å². The van der Waals surface area contributed by atoms with Gasteiger partial charge in [-0.15, -0.1) is 0 Å². The smallest absolute Gasteiger partial charge is 0.417 e. The summed E-state index contributed by atoms with van der Waals surface area (Å²) in [5.41, 5.74) is 7.90. The van der Waals surface area contributed by atoms with Crippen molar-refractivity contribution in [1.29, 1.82) is 5.26 Å². The maximum atomic E-state index is 14.5. The average molecular weight is 1920 g/mol. The summed E-state index contributed by atoms with van der Waals surface area (Å²) >= 11 is 11.2. The van der Waals surface area contributed by atoms with Crippen molar-refractivity contribution in [2.75, 3.05) is 16.0 Å². The molecular weight excluding hydrogens is 1830 g/mol. The lowest BCUT2D eigenvalue weighted by molar-refractivity contribution is -0.138. The molecule has 21 nitrogen and oxygen atoms in total. The van der Waals surface area contributed by atoms with Crippen LogP contribution >= 0.6 is 23.2 Å². The summed E-state index contributed by atoms with van der Waals surface area (Å²) in [5, 5.41) is 18.5. The van der Waals surface area contributed by atoms with Crippen molar-refractivity contribution in [2.45, 2.75) is 117 Å². The lowest BCUT2D eigenvalue weighted by Crippen LogP contribution is -2.17. The molecule has 5 heterocycles. The molecule has 0 aliphatic heterocycles. The van der Waals surface area contributed by atoms with Crippen molar-refractivity contribution in [1.82, 2.24) is 39.0 Å². The fourth-order valence-corrected chi connectivity index (χ4v) is 14.3. The summed E-state index contributed by atoms with van der Waals surface area (Å²) in [4.78, 5) is 112. The maximum absolute atomic E-state index is 14.5. The number of ketones is 5. The molecular formula is C105H86Cl2F10N12O9. The average Bonchev–Trinajstić information content (AvgIpc) is 1.19. The van der Waals surface area contributed by atoms with Crippen LogP contribution in [0.1, 0.15) is 149 Å². The third-order valence-electron chi connectivity index (χ3n) is 21.4. The molecule has 10 aromatic carbocycles. The van der Waals surface area contributed by atoms with Crippen LogP contribution in [-0.4, -0.2) is 73.9 Å². The van der Waals surface area contributed by atoms with Crippen LogP contribution in [0.15, 0.2) is 279 Å². The lowest BCUT2D eigenvalue weighted by Gasteiger charge is -2.17. The van der Waals surface area contributed by atoms with Gasteiger partial charge in [0.1, 0.15) is 51.8 Å². The van der Waals surface area contributed by atoms with Crippen molar-refractivity contribution in [3.8, 4) is 46.0 Å². The monoisotopic (exact) mass is 1920 g/mol. The number of amides is 1. The second-order valence-corrected chi connectivity index (χ2v) is 33.1. The number of aromatic nitrogens is 8. The minimum atomic E-state index is -4.64. The molecule has 0 saturated carbocycles. The van der Waals surface area contributed by atoms with Gasteiger partial charge in [-0.2, -0.15) is 44.8 Å². The zero-order chi connectivity index (χ0) is 99.5. The van der Waals surface area contributed by atoms with Crippen molar-refractivity contribution in [3.05, 3.63) is 390 Å². The molecule has 0 atom stereocenters. The number of rotatable bonds is 28. The predicted molar refractivity (Wildman–Crippen MR) is 506 cm³/mol. The number of nitriles is 1.